The summed E-state index contributed by atoms with van der Waals surface area (Å²) in [5.41, 5.74) is 3.18. The van der Waals surface area contributed by atoms with E-state index in [9.17, 15) is 0 Å². The Hall–Kier alpha value is -2.45. The first-order chi connectivity index (χ1) is 16.2. The van der Waals surface area contributed by atoms with Gasteiger partial charge in [-0.2, -0.15) is 0 Å². The van der Waals surface area contributed by atoms with Gasteiger partial charge in [-0.05, 0) is 61.1 Å². The first-order valence-corrected chi connectivity index (χ1v) is 12.2. The Morgan fingerprint density at radius 1 is 1.06 bits per heavy atom. The minimum Gasteiger partial charge on any atom is -0.379 e. The summed E-state index contributed by atoms with van der Waals surface area (Å²) in [5.74, 6) is 0. The first kappa shape index (κ1) is 22.3. The van der Waals surface area contributed by atoms with Crippen molar-refractivity contribution in [2.45, 2.75) is 18.5 Å². The molecule has 0 unspecified atom stereocenters. The van der Waals surface area contributed by atoms with Gasteiger partial charge in [0.25, 0.3) is 0 Å². The molecule has 0 saturated carbocycles. The zero-order valence-electron chi connectivity index (χ0n) is 18.4. The van der Waals surface area contributed by atoms with E-state index in [1.54, 1.807) is 0 Å². The molecule has 172 valence electrons. The summed E-state index contributed by atoms with van der Waals surface area (Å²) in [6.45, 7) is 5.56. The average Bonchev–Trinajstić information content (AvgIpc) is 3.45. The lowest BCUT2D eigenvalue weighted by atomic mass is 10.0. The Bertz CT molecular complexity index is 1090. The van der Waals surface area contributed by atoms with Gasteiger partial charge >= 0.3 is 0 Å². The lowest BCUT2D eigenvalue weighted by molar-refractivity contribution is 0.0365. The molecule has 0 amide bonds. The van der Waals surface area contributed by atoms with Crippen molar-refractivity contribution in [3.63, 3.8) is 0 Å². The molecule has 0 spiro atoms. The molecule has 2 saturated heterocycles. The fourth-order valence-corrected chi connectivity index (χ4v) is 5.27. The van der Waals surface area contributed by atoms with Crippen LogP contribution >= 0.6 is 23.8 Å². The molecule has 2 aliphatic heterocycles. The number of nitrogens with one attached hydrogen (secondary N) is 1. The highest BCUT2D eigenvalue weighted by Crippen LogP contribution is 2.39. The maximum Gasteiger partial charge on any atom is 0.170 e. The van der Waals surface area contributed by atoms with Crippen molar-refractivity contribution in [3.8, 4) is 5.69 Å². The number of morpholine rings is 1. The third kappa shape index (κ3) is 4.92. The first-order valence-electron chi connectivity index (χ1n) is 11.4. The molecule has 2 atom stereocenters. The summed E-state index contributed by atoms with van der Waals surface area (Å²) in [6.07, 6.45) is 4.96. The minimum atomic E-state index is -0.0325. The van der Waals surface area contributed by atoms with E-state index in [2.05, 4.69) is 55.1 Å². The van der Waals surface area contributed by atoms with Gasteiger partial charge in [0, 0.05) is 55.0 Å². The van der Waals surface area contributed by atoms with E-state index >= 15 is 0 Å². The monoisotopic (exact) mass is 481 g/mol. The summed E-state index contributed by atoms with van der Waals surface area (Å²) in [5, 5.41) is 5.05. The molecule has 1 aromatic carbocycles. The minimum absolute atomic E-state index is 0.0195. The Morgan fingerprint density at radius 3 is 2.73 bits per heavy atom. The van der Waals surface area contributed by atoms with E-state index in [4.69, 9.17) is 28.6 Å². The van der Waals surface area contributed by atoms with Gasteiger partial charge in [-0.1, -0.05) is 23.7 Å². The van der Waals surface area contributed by atoms with Crippen LogP contribution in [0.25, 0.3) is 5.69 Å². The van der Waals surface area contributed by atoms with Crippen LogP contribution in [0.15, 0.2) is 67.0 Å². The van der Waals surface area contributed by atoms with Gasteiger partial charge in [-0.3, -0.25) is 9.88 Å². The van der Waals surface area contributed by atoms with Gasteiger partial charge in [0.05, 0.1) is 31.0 Å². The van der Waals surface area contributed by atoms with Gasteiger partial charge in [-0.15, -0.1) is 0 Å². The Labute approximate surface area is 205 Å². The van der Waals surface area contributed by atoms with Crippen LogP contribution in [-0.4, -0.2) is 63.9 Å². The van der Waals surface area contributed by atoms with Crippen molar-refractivity contribution >= 4 is 28.9 Å². The predicted molar refractivity (Wildman–Crippen MR) is 135 cm³/mol. The van der Waals surface area contributed by atoms with Crippen molar-refractivity contribution in [2.75, 3.05) is 39.4 Å². The van der Waals surface area contributed by atoms with Crippen molar-refractivity contribution in [3.05, 3.63) is 83.4 Å². The molecule has 1 N–H and O–H groups in total. The molecule has 33 heavy (non-hydrogen) atoms. The quantitative estimate of drug-likeness (QED) is 0.510. The summed E-state index contributed by atoms with van der Waals surface area (Å²) >= 11 is 12.2. The number of ether oxygens (including phenoxy) is 1. The second-order valence-electron chi connectivity index (χ2n) is 8.41. The second-order valence-corrected chi connectivity index (χ2v) is 9.23. The van der Waals surface area contributed by atoms with E-state index in [0.29, 0.717) is 0 Å². The summed E-state index contributed by atoms with van der Waals surface area (Å²) in [7, 11) is 0. The molecule has 0 aliphatic carbocycles. The highest BCUT2D eigenvalue weighted by atomic mass is 35.5. The van der Waals surface area contributed by atoms with Crippen LogP contribution in [0.3, 0.4) is 0 Å². The van der Waals surface area contributed by atoms with Crippen molar-refractivity contribution in [2.24, 2.45) is 0 Å². The Kier molecular flexibility index (Phi) is 6.92. The van der Waals surface area contributed by atoms with Crippen LogP contribution < -0.4 is 5.32 Å². The smallest absolute Gasteiger partial charge is 0.170 e. The summed E-state index contributed by atoms with van der Waals surface area (Å²) in [4.78, 5) is 9.45. The SMILES string of the molecule is S=C1N[C@H](c2ccccn2)[C@H](c2cccn2-c2cccc(Cl)c2)N1CCCN1CCOCC1. The molecule has 4 heterocycles. The number of hydrogen-bond donors (Lipinski definition) is 1. The number of thiocarbonyl (C=S) groups is 1. The third-order valence-corrected chi connectivity index (χ3v) is 6.93. The van der Waals surface area contributed by atoms with Gasteiger partial charge in [0.2, 0.25) is 0 Å². The van der Waals surface area contributed by atoms with Crippen LogP contribution in [0, 0.1) is 0 Å². The number of pyridine rings is 1. The number of benzene rings is 1. The third-order valence-electron chi connectivity index (χ3n) is 6.34. The van der Waals surface area contributed by atoms with E-state index < -0.39 is 0 Å². The zero-order chi connectivity index (χ0) is 22.6. The number of hydrogen-bond acceptors (Lipinski definition) is 4. The largest absolute Gasteiger partial charge is 0.379 e. The Morgan fingerprint density at radius 2 is 1.94 bits per heavy atom. The molecule has 2 aromatic heterocycles. The van der Waals surface area contributed by atoms with Crippen LogP contribution in [0.4, 0.5) is 0 Å². The molecule has 5 rings (SSSR count). The standard InChI is InChI=1S/C25H28ClN5OS/c26-19-6-3-7-20(18-19)30-12-4-9-22(30)24-23(21-8-1-2-10-27-21)28-25(33)31(24)13-5-11-29-14-16-32-17-15-29/h1-4,6-10,12,18,23-24H,5,11,13-17H2,(H,28,33)/t23-,24+/m1/s1. The normalized spacial score (nSPS) is 21.4. The molecule has 2 fully saturated rings. The number of rotatable bonds is 7. The molecular formula is C25H28ClN5OS. The van der Waals surface area contributed by atoms with Crippen LogP contribution in [0.1, 0.15) is 29.9 Å². The zero-order valence-corrected chi connectivity index (χ0v) is 20.0. The van der Waals surface area contributed by atoms with Gasteiger partial charge in [0.15, 0.2) is 5.11 Å². The number of aromatic nitrogens is 2. The Balaban J connectivity index is 1.45. The number of halogens is 1. The molecule has 8 heteroatoms. The van der Waals surface area contributed by atoms with Crippen LogP contribution in [-0.2, 0) is 4.74 Å². The van der Waals surface area contributed by atoms with E-state index in [0.717, 1.165) is 73.0 Å². The summed E-state index contributed by atoms with van der Waals surface area (Å²) < 4.78 is 7.69. The van der Waals surface area contributed by atoms with Crippen molar-refractivity contribution < 1.29 is 4.74 Å². The van der Waals surface area contributed by atoms with Crippen molar-refractivity contribution in [1.29, 1.82) is 0 Å². The molecule has 0 radical (unpaired) electrons. The summed E-state index contributed by atoms with van der Waals surface area (Å²) in [6, 6.07) is 18.2. The topological polar surface area (TPSA) is 45.6 Å². The highest BCUT2D eigenvalue weighted by molar-refractivity contribution is 7.80. The maximum atomic E-state index is 6.31. The van der Waals surface area contributed by atoms with Gasteiger partial charge in [0.1, 0.15) is 0 Å². The van der Waals surface area contributed by atoms with Crippen LogP contribution in [0.2, 0.25) is 5.02 Å². The van der Waals surface area contributed by atoms with Crippen LogP contribution in [0.5, 0.6) is 0 Å². The molecule has 6 nitrogen and oxygen atoms in total. The predicted octanol–water partition coefficient (Wildman–Crippen LogP) is 4.22. The molecule has 3 aromatic rings. The van der Waals surface area contributed by atoms with E-state index in [-0.39, 0.29) is 12.1 Å². The van der Waals surface area contributed by atoms with Gasteiger partial charge in [-0.25, -0.2) is 0 Å². The average molecular weight is 482 g/mol. The fourth-order valence-electron chi connectivity index (χ4n) is 4.75. The lowest BCUT2D eigenvalue weighted by Gasteiger charge is -2.31. The fraction of sp³-hybridized carbons (Fsp3) is 0.360. The highest BCUT2D eigenvalue weighted by Gasteiger charge is 2.41. The second kappa shape index (κ2) is 10.2. The van der Waals surface area contributed by atoms with Gasteiger partial charge < -0.3 is 19.5 Å². The maximum absolute atomic E-state index is 6.31. The molecule has 0 bridgehead atoms. The van der Waals surface area contributed by atoms with E-state index in [1.165, 1.54) is 0 Å². The van der Waals surface area contributed by atoms with Crippen molar-refractivity contribution in [1.82, 2.24) is 24.7 Å². The lowest BCUT2D eigenvalue weighted by Crippen LogP contribution is -2.39. The number of nitrogens with zero attached hydrogens (tertiary/aromatic N) is 4. The molecular weight excluding hydrogens is 454 g/mol. The molecule has 2 aliphatic rings. The van der Waals surface area contributed by atoms with E-state index in [1.807, 2.05) is 36.5 Å².